The van der Waals surface area contributed by atoms with Gasteiger partial charge in [-0.25, -0.2) is 4.79 Å². The Kier molecular flexibility index (Phi) is 5.57. The fourth-order valence-corrected chi connectivity index (χ4v) is 1.82. The van der Waals surface area contributed by atoms with E-state index < -0.39 is 0 Å². The summed E-state index contributed by atoms with van der Waals surface area (Å²) in [4.78, 5) is 23.2. The van der Waals surface area contributed by atoms with Gasteiger partial charge >= 0.3 is 6.03 Å². The standard InChI is InChI=1S/C15H21N3O3/c1-21-10-2-9-16-15(20)18-13-7-5-12(6-8-13)17-14(19)11-3-4-11/h5-8,11H,2-4,9-10H2,1H3,(H,17,19)(H2,16,18,20). The van der Waals surface area contributed by atoms with Crippen LogP contribution in [0.25, 0.3) is 0 Å². The Hall–Kier alpha value is -2.08. The van der Waals surface area contributed by atoms with E-state index in [0.29, 0.717) is 18.8 Å². The Morgan fingerprint density at radius 3 is 2.33 bits per heavy atom. The van der Waals surface area contributed by atoms with Crippen LogP contribution in [0.4, 0.5) is 16.2 Å². The fourth-order valence-electron chi connectivity index (χ4n) is 1.82. The highest BCUT2D eigenvalue weighted by Crippen LogP contribution is 2.30. The normalized spacial score (nSPS) is 13.6. The van der Waals surface area contributed by atoms with Crippen molar-refractivity contribution in [1.82, 2.24) is 5.32 Å². The van der Waals surface area contributed by atoms with E-state index in [1.807, 2.05) is 0 Å². The van der Waals surface area contributed by atoms with Gasteiger partial charge in [-0.1, -0.05) is 0 Å². The number of methoxy groups -OCH3 is 1. The first-order valence-electron chi connectivity index (χ1n) is 7.14. The molecule has 1 aliphatic rings. The van der Waals surface area contributed by atoms with Crippen molar-refractivity contribution >= 4 is 23.3 Å². The summed E-state index contributed by atoms with van der Waals surface area (Å²) in [6.07, 6.45) is 2.74. The second kappa shape index (κ2) is 7.64. The molecule has 2 rings (SSSR count). The Labute approximate surface area is 124 Å². The topological polar surface area (TPSA) is 79.5 Å². The van der Waals surface area contributed by atoms with E-state index in [1.165, 1.54) is 0 Å². The van der Waals surface area contributed by atoms with E-state index in [9.17, 15) is 9.59 Å². The minimum absolute atomic E-state index is 0.0756. The van der Waals surface area contributed by atoms with E-state index in [0.717, 1.165) is 24.9 Å². The molecule has 0 unspecified atom stereocenters. The lowest BCUT2D eigenvalue weighted by molar-refractivity contribution is -0.117. The second-order valence-electron chi connectivity index (χ2n) is 5.07. The maximum Gasteiger partial charge on any atom is 0.319 e. The molecule has 21 heavy (non-hydrogen) atoms. The second-order valence-corrected chi connectivity index (χ2v) is 5.07. The third kappa shape index (κ3) is 5.43. The molecule has 0 heterocycles. The largest absolute Gasteiger partial charge is 0.385 e. The summed E-state index contributed by atoms with van der Waals surface area (Å²) in [6, 6.07) is 6.83. The SMILES string of the molecule is COCCCNC(=O)Nc1ccc(NC(=O)C2CC2)cc1. The van der Waals surface area contributed by atoms with Crippen molar-refractivity contribution in [2.75, 3.05) is 30.9 Å². The van der Waals surface area contributed by atoms with Gasteiger partial charge in [-0.2, -0.15) is 0 Å². The number of urea groups is 1. The number of carbonyl (C=O) groups is 2. The van der Waals surface area contributed by atoms with Crippen LogP contribution in [0.1, 0.15) is 19.3 Å². The van der Waals surface area contributed by atoms with Crippen LogP contribution in [0.3, 0.4) is 0 Å². The molecule has 0 aromatic heterocycles. The van der Waals surface area contributed by atoms with Crippen molar-refractivity contribution in [3.63, 3.8) is 0 Å². The Morgan fingerprint density at radius 1 is 1.14 bits per heavy atom. The lowest BCUT2D eigenvalue weighted by Crippen LogP contribution is -2.30. The number of carbonyl (C=O) groups excluding carboxylic acids is 2. The molecule has 0 aliphatic heterocycles. The van der Waals surface area contributed by atoms with Gasteiger partial charge in [-0.3, -0.25) is 4.79 Å². The van der Waals surface area contributed by atoms with Crippen LogP contribution in [0.5, 0.6) is 0 Å². The molecular formula is C15H21N3O3. The van der Waals surface area contributed by atoms with Gasteiger partial charge < -0.3 is 20.7 Å². The number of benzene rings is 1. The fraction of sp³-hybridized carbons (Fsp3) is 0.467. The van der Waals surface area contributed by atoms with Gasteiger partial charge in [0.05, 0.1) is 0 Å². The summed E-state index contributed by atoms with van der Waals surface area (Å²) in [5.41, 5.74) is 1.43. The van der Waals surface area contributed by atoms with Crippen LogP contribution in [-0.2, 0) is 9.53 Å². The van der Waals surface area contributed by atoms with Crippen molar-refractivity contribution in [3.05, 3.63) is 24.3 Å². The third-order valence-electron chi connectivity index (χ3n) is 3.17. The van der Waals surface area contributed by atoms with Crippen LogP contribution >= 0.6 is 0 Å². The monoisotopic (exact) mass is 291 g/mol. The number of rotatable bonds is 7. The molecular weight excluding hydrogens is 270 g/mol. The van der Waals surface area contributed by atoms with Crippen molar-refractivity contribution in [2.24, 2.45) is 5.92 Å². The number of hydrogen-bond donors (Lipinski definition) is 3. The molecule has 0 radical (unpaired) electrons. The molecule has 3 amide bonds. The average molecular weight is 291 g/mol. The van der Waals surface area contributed by atoms with Gasteiger partial charge in [-0.05, 0) is 43.5 Å². The van der Waals surface area contributed by atoms with Crippen LogP contribution < -0.4 is 16.0 Å². The van der Waals surface area contributed by atoms with E-state index in [-0.39, 0.29) is 17.9 Å². The summed E-state index contributed by atoms with van der Waals surface area (Å²) >= 11 is 0. The zero-order chi connectivity index (χ0) is 15.1. The van der Waals surface area contributed by atoms with Gasteiger partial charge in [0.1, 0.15) is 0 Å². The Balaban J connectivity index is 1.73. The van der Waals surface area contributed by atoms with E-state index >= 15 is 0 Å². The molecule has 3 N–H and O–H groups in total. The summed E-state index contributed by atoms with van der Waals surface area (Å²) in [6.45, 7) is 1.19. The maximum atomic E-state index is 11.6. The molecule has 1 aliphatic carbocycles. The zero-order valence-corrected chi connectivity index (χ0v) is 12.1. The van der Waals surface area contributed by atoms with Gasteiger partial charge in [0.25, 0.3) is 0 Å². The average Bonchev–Trinajstić information content (AvgIpc) is 3.30. The number of hydrogen-bond acceptors (Lipinski definition) is 3. The molecule has 1 aromatic carbocycles. The van der Waals surface area contributed by atoms with Crippen LogP contribution in [0.2, 0.25) is 0 Å². The minimum atomic E-state index is -0.249. The highest BCUT2D eigenvalue weighted by Gasteiger charge is 2.29. The van der Waals surface area contributed by atoms with Crippen LogP contribution in [0, 0.1) is 5.92 Å². The smallest absolute Gasteiger partial charge is 0.319 e. The summed E-state index contributed by atoms with van der Waals surface area (Å²) in [5, 5.41) is 8.32. The van der Waals surface area contributed by atoms with Crippen molar-refractivity contribution < 1.29 is 14.3 Å². The maximum absolute atomic E-state index is 11.6. The number of ether oxygens (including phenoxy) is 1. The first kappa shape index (κ1) is 15.3. The molecule has 1 aromatic rings. The third-order valence-corrected chi connectivity index (χ3v) is 3.17. The molecule has 0 atom stereocenters. The van der Waals surface area contributed by atoms with Crippen LogP contribution in [-0.4, -0.2) is 32.2 Å². The lowest BCUT2D eigenvalue weighted by atomic mass is 10.2. The highest BCUT2D eigenvalue weighted by molar-refractivity contribution is 5.94. The van der Waals surface area contributed by atoms with Gasteiger partial charge in [0.2, 0.25) is 5.91 Å². The van der Waals surface area contributed by atoms with Gasteiger partial charge in [-0.15, -0.1) is 0 Å². The van der Waals surface area contributed by atoms with Gasteiger partial charge in [0, 0.05) is 37.6 Å². The molecule has 6 nitrogen and oxygen atoms in total. The molecule has 0 bridgehead atoms. The Bertz CT molecular complexity index is 483. The molecule has 114 valence electrons. The number of nitrogens with one attached hydrogen (secondary N) is 3. The van der Waals surface area contributed by atoms with Crippen LogP contribution in [0.15, 0.2) is 24.3 Å². The summed E-state index contributed by atoms with van der Waals surface area (Å²) in [5.74, 6) is 0.257. The first-order valence-corrected chi connectivity index (χ1v) is 7.14. The molecule has 0 spiro atoms. The van der Waals surface area contributed by atoms with Crippen molar-refractivity contribution in [3.8, 4) is 0 Å². The van der Waals surface area contributed by atoms with Crippen molar-refractivity contribution in [2.45, 2.75) is 19.3 Å². The van der Waals surface area contributed by atoms with E-state index in [1.54, 1.807) is 31.4 Å². The Morgan fingerprint density at radius 2 is 1.76 bits per heavy atom. The predicted octanol–water partition coefficient (Wildman–Crippen LogP) is 2.19. The lowest BCUT2D eigenvalue weighted by Gasteiger charge is -2.09. The summed E-state index contributed by atoms with van der Waals surface area (Å²) < 4.78 is 4.90. The van der Waals surface area contributed by atoms with Crippen molar-refractivity contribution in [1.29, 1.82) is 0 Å². The molecule has 6 heteroatoms. The van der Waals surface area contributed by atoms with E-state index in [2.05, 4.69) is 16.0 Å². The first-order chi connectivity index (χ1) is 10.2. The quantitative estimate of drug-likeness (QED) is 0.674. The van der Waals surface area contributed by atoms with Gasteiger partial charge in [0.15, 0.2) is 0 Å². The minimum Gasteiger partial charge on any atom is -0.385 e. The number of anilines is 2. The molecule has 1 fully saturated rings. The molecule has 0 saturated heterocycles. The zero-order valence-electron chi connectivity index (χ0n) is 12.1. The predicted molar refractivity (Wildman–Crippen MR) is 81.3 cm³/mol. The molecule has 1 saturated carbocycles. The van der Waals surface area contributed by atoms with E-state index in [4.69, 9.17) is 4.74 Å². The summed E-state index contributed by atoms with van der Waals surface area (Å²) in [7, 11) is 1.63. The highest BCUT2D eigenvalue weighted by atomic mass is 16.5. The number of amides is 3.